The Hall–Kier alpha value is -4.44. The number of furan rings is 1. The molecule has 0 fully saturated rings. The number of hydrogen-bond donors (Lipinski definition) is 2. The number of amides is 2. The lowest BCUT2D eigenvalue weighted by molar-refractivity contribution is -0.384. The molecule has 2 amide bonds. The van der Waals surface area contributed by atoms with Gasteiger partial charge in [0.25, 0.3) is 11.6 Å². The topological polar surface area (TPSA) is 127 Å². The number of nitro groups is 1. The maximum atomic E-state index is 12.3. The molecule has 10 heteroatoms. The minimum Gasteiger partial charge on any atom is -0.449 e. The van der Waals surface area contributed by atoms with Crippen molar-refractivity contribution < 1.29 is 18.9 Å². The summed E-state index contributed by atoms with van der Waals surface area (Å²) in [4.78, 5) is 34.6. The first-order valence-corrected chi connectivity index (χ1v) is 11.1. The average molecular weight is 474 g/mol. The van der Waals surface area contributed by atoms with Crippen LogP contribution in [-0.2, 0) is 4.79 Å². The van der Waals surface area contributed by atoms with Gasteiger partial charge in [0.15, 0.2) is 5.09 Å². The molecule has 0 saturated carbocycles. The van der Waals surface area contributed by atoms with Gasteiger partial charge in [-0.25, -0.2) is 5.43 Å². The van der Waals surface area contributed by atoms with Crippen molar-refractivity contribution in [2.24, 2.45) is 5.10 Å². The Labute approximate surface area is 198 Å². The number of nitro benzene ring substituents is 1. The van der Waals surface area contributed by atoms with Crippen LogP contribution in [0.15, 0.2) is 93.5 Å². The highest BCUT2D eigenvalue weighted by molar-refractivity contribution is 7.99. The SMILES string of the molecule is O=C(CSc1ccc(/C=N\NC(=O)c2cccc([N+](=O)[O-])c2)o1)Nc1ccc2ccccc2c1. The van der Waals surface area contributed by atoms with Crippen LogP contribution in [0.5, 0.6) is 0 Å². The van der Waals surface area contributed by atoms with Gasteiger partial charge in [-0.2, -0.15) is 5.10 Å². The summed E-state index contributed by atoms with van der Waals surface area (Å²) >= 11 is 1.22. The number of nitrogens with zero attached hydrogens (tertiary/aromatic N) is 2. The van der Waals surface area contributed by atoms with Gasteiger partial charge in [-0.05, 0) is 41.1 Å². The molecule has 0 unspecified atom stereocenters. The van der Waals surface area contributed by atoms with Gasteiger partial charge in [0.1, 0.15) is 5.76 Å². The molecule has 9 nitrogen and oxygen atoms in total. The fourth-order valence-corrected chi connectivity index (χ4v) is 3.73. The molecule has 0 saturated heterocycles. The average Bonchev–Trinajstić information content (AvgIpc) is 3.30. The normalized spacial score (nSPS) is 10.9. The Morgan fingerprint density at radius 3 is 2.65 bits per heavy atom. The van der Waals surface area contributed by atoms with Crippen molar-refractivity contribution in [2.45, 2.75) is 5.09 Å². The zero-order valence-electron chi connectivity index (χ0n) is 17.6. The Balaban J connectivity index is 1.27. The second kappa shape index (κ2) is 10.5. The first-order chi connectivity index (χ1) is 16.5. The van der Waals surface area contributed by atoms with Gasteiger partial charge in [-0.1, -0.05) is 48.2 Å². The third kappa shape index (κ3) is 5.87. The smallest absolute Gasteiger partial charge is 0.271 e. The van der Waals surface area contributed by atoms with E-state index in [1.54, 1.807) is 12.1 Å². The fourth-order valence-electron chi connectivity index (χ4n) is 3.06. The summed E-state index contributed by atoms with van der Waals surface area (Å²) in [6.07, 6.45) is 1.30. The summed E-state index contributed by atoms with van der Waals surface area (Å²) < 4.78 is 5.57. The molecular weight excluding hydrogens is 456 g/mol. The Morgan fingerprint density at radius 1 is 1.00 bits per heavy atom. The van der Waals surface area contributed by atoms with Crippen LogP contribution in [-0.4, -0.2) is 28.7 Å². The van der Waals surface area contributed by atoms with E-state index in [4.69, 9.17) is 4.42 Å². The molecule has 4 rings (SSSR count). The first-order valence-electron chi connectivity index (χ1n) is 10.1. The van der Waals surface area contributed by atoms with E-state index in [9.17, 15) is 19.7 Å². The second-order valence-electron chi connectivity index (χ2n) is 7.06. The first kappa shape index (κ1) is 22.7. The van der Waals surface area contributed by atoms with Gasteiger partial charge in [-0.15, -0.1) is 0 Å². The molecule has 0 aliphatic rings. The third-order valence-electron chi connectivity index (χ3n) is 4.66. The maximum absolute atomic E-state index is 12.3. The highest BCUT2D eigenvalue weighted by atomic mass is 32.2. The Bertz CT molecular complexity index is 1400. The van der Waals surface area contributed by atoms with Crippen molar-refractivity contribution in [2.75, 3.05) is 11.1 Å². The predicted octanol–water partition coefficient (Wildman–Crippen LogP) is 4.84. The number of benzene rings is 3. The lowest BCUT2D eigenvalue weighted by atomic mass is 10.1. The van der Waals surface area contributed by atoms with Crippen molar-refractivity contribution in [3.05, 3.63) is 100 Å². The van der Waals surface area contributed by atoms with Gasteiger partial charge < -0.3 is 9.73 Å². The van der Waals surface area contributed by atoms with Crippen molar-refractivity contribution in [1.82, 2.24) is 5.43 Å². The zero-order chi connectivity index (χ0) is 23.9. The number of non-ortho nitro benzene ring substituents is 1. The largest absolute Gasteiger partial charge is 0.449 e. The number of nitrogens with one attached hydrogen (secondary N) is 2. The Kier molecular flexibility index (Phi) is 6.99. The van der Waals surface area contributed by atoms with Crippen LogP contribution in [0.3, 0.4) is 0 Å². The molecule has 3 aromatic carbocycles. The molecule has 1 aromatic heterocycles. The summed E-state index contributed by atoms with van der Waals surface area (Å²) in [6.45, 7) is 0. The van der Waals surface area contributed by atoms with E-state index in [2.05, 4.69) is 15.8 Å². The molecule has 34 heavy (non-hydrogen) atoms. The molecule has 0 spiro atoms. The molecule has 0 aliphatic carbocycles. The minimum atomic E-state index is -0.591. The van der Waals surface area contributed by atoms with Crippen LogP contribution in [0, 0.1) is 10.1 Å². The molecule has 1 heterocycles. The highest BCUT2D eigenvalue weighted by Gasteiger charge is 2.11. The van der Waals surface area contributed by atoms with Gasteiger partial charge in [0, 0.05) is 23.4 Å². The number of thioether (sulfide) groups is 1. The highest BCUT2D eigenvalue weighted by Crippen LogP contribution is 2.22. The minimum absolute atomic E-state index is 0.111. The van der Waals surface area contributed by atoms with E-state index in [1.807, 2.05) is 42.5 Å². The standard InChI is InChI=1S/C24H18N4O5S/c29-22(26-19-9-8-16-4-1-2-5-17(16)12-19)15-34-23-11-10-21(33-23)14-25-27-24(30)18-6-3-7-20(13-18)28(31)32/h1-14H,15H2,(H,26,29)(H,27,30)/b25-14-. The number of hydrazone groups is 1. The number of carbonyl (C=O) groups excluding carboxylic acids is 2. The molecule has 0 atom stereocenters. The summed E-state index contributed by atoms with van der Waals surface area (Å²) in [5, 5.41) is 20.1. The van der Waals surface area contributed by atoms with E-state index in [0.717, 1.165) is 22.5 Å². The molecule has 170 valence electrons. The molecule has 0 aliphatic heterocycles. The number of hydrogen-bond acceptors (Lipinski definition) is 7. The quantitative estimate of drug-likeness (QED) is 0.163. The van der Waals surface area contributed by atoms with E-state index >= 15 is 0 Å². The lowest BCUT2D eigenvalue weighted by Gasteiger charge is -2.06. The lowest BCUT2D eigenvalue weighted by Crippen LogP contribution is -2.17. The summed E-state index contributed by atoms with van der Waals surface area (Å²) in [6, 6.07) is 22.3. The van der Waals surface area contributed by atoms with Gasteiger partial charge in [-0.3, -0.25) is 19.7 Å². The molecule has 2 N–H and O–H groups in total. The summed E-state index contributed by atoms with van der Waals surface area (Å²) in [7, 11) is 0. The van der Waals surface area contributed by atoms with E-state index in [1.165, 1.54) is 36.2 Å². The third-order valence-corrected chi connectivity index (χ3v) is 5.57. The van der Waals surface area contributed by atoms with Crippen LogP contribution in [0.1, 0.15) is 16.1 Å². The van der Waals surface area contributed by atoms with Crippen LogP contribution in [0.4, 0.5) is 11.4 Å². The number of carbonyl (C=O) groups is 2. The monoisotopic (exact) mass is 474 g/mol. The molecule has 0 bridgehead atoms. The van der Waals surface area contributed by atoms with E-state index in [-0.39, 0.29) is 22.9 Å². The molecule has 0 radical (unpaired) electrons. The fraction of sp³-hybridized carbons (Fsp3) is 0.0417. The van der Waals surface area contributed by atoms with Crippen LogP contribution < -0.4 is 10.7 Å². The van der Waals surface area contributed by atoms with E-state index < -0.39 is 10.8 Å². The molecular formula is C24H18N4O5S. The Morgan fingerprint density at radius 2 is 1.82 bits per heavy atom. The van der Waals surface area contributed by atoms with Crippen molar-refractivity contribution >= 4 is 51.9 Å². The summed E-state index contributed by atoms with van der Waals surface area (Å²) in [5.74, 6) is -0.236. The second-order valence-corrected chi connectivity index (χ2v) is 8.04. The van der Waals surface area contributed by atoms with Crippen molar-refractivity contribution in [3.63, 3.8) is 0 Å². The summed E-state index contributed by atoms with van der Waals surface area (Å²) in [5.41, 5.74) is 2.93. The molecule has 4 aromatic rings. The van der Waals surface area contributed by atoms with Gasteiger partial charge in [0.2, 0.25) is 5.91 Å². The van der Waals surface area contributed by atoms with Crippen molar-refractivity contribution in [1.29, 1.82) is 0 Å². The number of anilines is 1. The van der Waals surface area contributed by atoms with Crippen LogP contribution in [0.25, 0.3) is 10.8 Å². The van der Waals surface area contributed by atoms with Gasteiger partial charge >= 0.3 is 0 Å². The number of rotatable bonds is 8. The zero-order valence-corrected chi connectivity index (χ0v) is 18.5. The number of fused-ring (bicyclic) bond motifs is 1. The van der Waals surface area contributed by atoms with Crippen molar-refractivity contribution in [3.8, 4) is 0 Å². The van der Waals surface area contributed by atoms with E-state index in [0.29, 0.717) is 10.9 Å². The van der Waals surface area contributed by atoms with Crippen LogP contribution >= 0.6 is 11.8 Å². The maximum Gasteiger partial charge on any atom is 0.271 e. The predicted molar refractivity (Wildman–Crippen MR) is 130 cm³/mol. The van der Waals surface area contributed by atoms with Crippen LogP contribution in [0.2, 0.25) is 0 Å². The van der Waals surface area contributed by atoms with Gasteiger partial charge in [0.05, 0.1) is 16.9 Å².